The molecule has 0 heterocycles. The molecule has 0 radical (unpaired) electrons. The maximum Gasteiger partial charge on any atom is 0.469 e. The molecule has 2 aromatic rings. The standard InChI is InChI=1S/C24H31F3NO6P/c25-24(26,27)21-14-18(11-12-23(28,15-29)16-34-35(30,31)32)5-10-22(21)33-13-1-2-17-3-6-19(7-4-17)20-8-9-20/h3-7,10,14,20,29H,1-2,8-9,11-13,15-16,28H2,(H2,30,31,32). The van der Waals surface area contributed by atoms with E-state index < -0.39 is 38.3 Å². The highest BCUT2D eigenvalue weighted by Crippen LogP contribution is 2.40. The van der Waals surface area contributed by atoms with Gasteiger partial charge in [-0.3, -0.25) is 4.52 Å². The number of aryl methyl sites for hydroxylation is 2. The summed E-state index contributed by atoms with van der Waals surface area (Å²) in [5, 5.41) is 9.47. The average Bonchev–Trinajstić information content (AvgIpc) is 3.64. The minimum absolute atomic E-state index is 0.0296. The Balaban J connectivity index is 1.56. The van der Waals surface area contributed by atoms with Crippen molar-refractivity contribution in [3.8, 4) is 5.75 Å². The van der Waals surface area contributed by atoms with Gasteiger partial charge in [0.05, 0.1) is 30.9 Å². The summed E-state index contributed by atoms with van der Waals surface area (Å²) < 4.78 is 61.7. The van der Waals surface area contributed by atoms with E-state index in [9.17, 15) is 22.8 Å². The van der Waals surface area contributed by atoms with E-state index in [0.29, 0.717) is 24.3 Å². The predicted molar refractivity (Wildman–Crippen MR) is 124 cm³/mol. The minimum Gasteiger partial charge on any atom is -0.493 e. The van der Waals surface area contributed by atoms with E-state index in [4.69, 9.17) is 20.3 Å². The molecule has 7 nitrogen and oxygen atoms in total. The fourth-order valence-electron chi connectivity index (χ4n) is 3.71. The molecule has 0 amide bonds. The smallest absolute Gasteiger partial charge is 0.469 e. The maximum absolute atomic E-state index is 13.7. The summed E-state index contributed by atoms with van der Waals surface area (Å²) in [6.45, 7) is -1.18. The first-order chi connectivity index (χ1) is 16.4. The summed E-state index contributed by atoms with van der Waals surface area (Å²) >= 11 is 0. The molecule has 11 heteroatoms. The van der Waals surface area contributed by atoms with E-state index in [2.05, 4.69) is 28.8 Å². The molecule has 1 saturated carbocycles. The van der Waals surface area contributed by atoms with Crippen molar-refractivity contribution in [2.75, 3.05) is 19.8 Å². The van der Waals surface area contributed by atoms with Crippen LogP contribution in [-0.4, -0.2) is 40.3 Å². The van der Waals surface area contributed by atoms with Gasteiger partial charge < -0.3 is 25.4 Å². The summed E-state index contributed by atoms with van der Waals surface area (Å²) in [5.74, 6) is 0.408. The first kappa shape index (κ1) is 27.6. The van der Waals surface area contributed by atoms with Gasteiger partial charge in [0.25, 0.3) is 0 Å². The number of nitrogens with two attached hydrogens (primary N) is 1. The number of rotatable bonds is 13. The van der Waals surface area contributed by atoms with E-state index >= 15 is 0 Å². The van der Waals surface area contributed by atoms with Gasteiger partial charge in [-0.05, 0) is 73.3 Å². The molecule has 0 saturated heterocycles. The number of phosphoric ester groups is 1. The van der Waals surface area contributed by atoms with Gasteiger partial charge in [-0.15, -0.1) is 0 Å². The monoisotopic (exact) mass is 517 g/mol. The molecule has 35 heavy (non-hydrogen) atoms. The van der Waals surface area contributed by atoms with Crippen molar-refractivity contribution in [1.82, 2.24) is 0 Å². The molecule has 3 rings (SSSR count). The molecule has 0 bridgehead atoms. The van der Waals surface area contributed by atoms with E-state index in [1.165, 1.54) is 30.5 Å². The Labute approximate surface area is 202 Å². The Morgan fingerprint density at radius 2 is 1.69 bits per heavy atom. The zero-order chi connectivity index (χ0) is 25.7. The highest BCUT2D eigenvalue weighted by atomic mass is 31.2. The molecular weight excluding hydrogens is 486 g/mol. The van der Waals surface area contributed by atoms with Crippen molar-refractivity contribution >= 4 is 7.82 Å². The summed E-state index contributed by atoms with van der Waals surface area (Å²) in [6, 6.07) is 12.0. The Morgan fingerprint density at radius 3 is 2.26 bits per heavy atom. The highest BCUT2D eigenvalue weighted by molar-refractivity contribution is 7.46. The van der Waals surface area contributed by atoms with Crippen LogP contribution in [0.4, 0.5) is 13.2 Å². The lowest BCUT2D eigenvalue weighted by Gasteiger charge is -2.27. The molecule has 1 aliphatic rings. The van der Waals surface area contributed by atoms with Crippen molar-refractivity contribution < 1.29 is 41.9 Å². The number of alkyl halides is 3. The van der Waals surface area contributed by atoms with Gasteiger partial charge in [0, 0.05) is 0 Å². The van der Waals surface area contributed by atoms with Crippen LogP contribution >= 0.6 is 7.82 Å². The van der Waals surface area contributed by atoms with Crippen LogP contribution in [0.3, 0.4) is 0 Å². The molecule has 1 unspecified atom stereocenters. The second-order valence-electron chi connectivity index (χ2n) is 9.08. The summed E-state index contributed by atoms with van der Waals surface area (Å²) in [5.41, 5.74) is 6.20. The molecule has 0 aromatic heterocycles. The van der Waals surface area contributed by atoms with Gasteiger partial charge in [0.2, 0.25) is 0 Å². The topological polar surface area (TPSA) is 122 Å². The van der Waals surface area contributed by atoms with Gasteiger partial charge in [-0.2, -0.15) is 13.2 Å². The largest absolute Gasteiger partial charge is 0.493 e. The van der Waals surface area contributed by atoms with Crippen molar-refractivity contribution in [2.45, 2.75) is 56.2 Å². The first-order valence-corrected chi connectivity index (χ1v) is 12.9. The second kappa shape index (κ2) is 11.4. The highest BCUT2D eigenvalue weighted by Gasteiger charge is 2.35. The first-order valence-electron chi connectivity index (χ1n) is 11.4. The third-order valence-corrected chi connectivity index (χ3v) is 6.46. The van der Waals surface area contributed by atoms with E-state index in [0.717, 1.165) is 11.6 Å². The quantitative estimate of drug-likeness (QED) is 0.231. The number of benzene rings is 2. The van der Waals surface area contributed by atoms with Gasteiger partial charge in [0.1, 0.15) is 5.75 Å². The average molecular weight is 517 g/mol. The molecule has 1 aliphatic carbocycles. The fourth-order valence-corrected chi connectivity index (χ4v) is 4.14. The number of hydrogen-bond acceptors (Lipinski definition) is 5. The Morgan fingerprint density at radius 1 is 1.03 bits per heavy atom. The van der Waals surface area contributed by atoms with Gasteiger partial charge in [-0.25, -0.2) is 4.57 Å². The van der Waals surface area contributed by atoms with Crippen molar-refractivity contribution in [3.63, 3.8) is 0 Å². The third kappa shape index (κ3) is 8.90. The van der Waals surface area contributed by atoms with Crippen LogP contribution in [0.25, 0.3) is 0 Å². The van der Waals surface area contributed by atoms with E-state index in [1.807, 2.05) is 0 Å². The van der Waals surface area contributed by atoms with E-state index in [1.54, 1.807) is 0 Å². The molecule has 0 aliphatic heterocycles. The van der Waals surface area contributed by atoms with Crippen LogP contribution in [-0.2, 0) is 28.1 Å². The Hall–Kier alpha value is -1.94. The second-order valence-corrected chi connectivity index (χ2v) is 10.3. The lowest BCUT2D eigenvalue weighted by atomic mass is 9.93. The predicted octanol–water partition coefficient (Wildman–Crippen LogP) is 4.33. The van der Waals surface area contributed by atoms with Crippen LogP contribution in [0.15, 0.2) is 42.5 Å². The summed E-state index contributed by atoms with van der Waals surface area (Å²) in [6.07, 6.45) is -0.943. The zero-order valence-electron chi connectivity index (χ0n) is 19.2. The minimum atomic E-state index is -4.80. The number of aliphatic hydroxyl groups is 1. The summed E-state index contributed by atoms with van der Waals surface area (Å²) in [7, 11) is -4.80. The summed E-state index contributed by atoms with van der Waals surface area (Å²) in [4.78, 5) is 17.6. The third-order valence-electron chi connectivity index (χ3n) is 5.99. The molecule has 1 fully saturated rings. The number of aliphatic hydroxyl groups excluding tert-OH is 1. The fraction of sp³-hybridized carbons (Fsp3) is 0.500. The number of halogens is 3. The molecule has 1 atom stereocenters. The Kier molecular flexibility index (Phi) is 9.01. The number of ether oxygens (including phenoxy) is 1. The number of phosphoric acid groups is 1. The molecule has 0 spiro atoms. The SMILES string of the molecule is NC(CO)(CCc1ccc(OCCCc2ccc(C3CC3)cc2)c(C(F)(F)F)c1)COP(=O)(O)O. The van der Waals surface area contributed by atoms with Gasteiger partial charge >= 0.3 is 14.0 Å². The normalized spacial score (nSPS) is 16.2. The lowest BCUT2D eigenvalue weighted by Crippen LogP contribution is -2.48. The van der Waals surface area contributed by atoms with Gasteiger partial charge in [-0.1, -0.05) is 30.3 Å². The van der Waals surface area contributed by atoms with Crippen LogP contribution in [0.2, 0.25) is 0 Å². The van der Waals surface area contributed by atoms with Crippen molar-refractivity contribution in [1.29, 1.82) is 0 Å². The maximum atomic E-state index is 13.7. The van der Waals surface area contributed by atoms with Crippen molar-refractivity contribution in [2.24, 2.45) is 5.73 Å². The number of hydrogen-bond donors (Lipinski definition) is 4. The molecule has 5 N–H and O–H groups in total. The van der Waals surface area contributed by atoms with Crippen LogP contribution < -0.4 is 10.5 Å². The van der Waals surface area contributed by atoms with Crippen LogP contribution in [0, 0.1) is 0 Å². The van der Waals surface area contributed by atoms with Gasteiger partial charge in [0.15, 0.2) is 0 Å². The lowest BCUT2D eigenvalue weighted by molar-refractivity contribution is -0.139. The zero-order valence-corrected chi connectivity index (χ0v) is 20.1. The van der Waals surface area contributed by atoms with Crippen molar-refractivity contribution in [3.05, 3.63) is 64.7 Å². The van der Waals surface area contributed by atoms with E-state index in [-0.39, 0.29) is 25.2 Å². The molecular formula is C24H31F3NO6P. The molecule has 2 aromatic carbocycles. The molecule has 194 valence electrons. The van der Waals surface area contributed by atoms with Crippen LogP contribution in [0.5, 0.6) is 5.75 Å². The van der Waals surface area contributed by atoms with Crippen LogP contribution in [0.1, 0.15) is 53.9 Å². The Bertz CT molecular complexity index is 1020.